The molecule has 1 heteroatoms. The van der Waals surface area contributed by atoms with Crippen molar-refractivity contribution in [3.63, 3.8) is 0 Å². The Kier molecular flexibility index (Phi) is 8.37. The molecule has 0 bridgehead atoms. The van der Waals surface area contributed by atoms with Crippen LogP contribution in [-0.4, -0.2) is 5.78 Å². The van der Waals surface area contributed by atoms with Gasteiger partial charge in [-0.15, -0.1) is 0 Å². The van der Waals surface area contributed by atoms with Gasteiger partial charge in [0.05, 0.1) is 0 Å². The lowest BCUT2D eigenvalue weighted by molar-refractivity contribution is -0.125. The summed E-state index contributed by atoms with van der Waals surface area (Å²) in [6.07, 6.45) is 15.1. The molecule has 0 heterocycles. The highest BCUT2D eigenvalue weighted by molar-refractivity contribution is 5.81. The number of hydrogen-bond donors (Lipinski definition) is 0. The molecule has 0 aromatic rings. The van der Waals surface area contributed by atoms with E-state index in [1.807, 2.05) is 0 Å². The fourth-order valence-corrected chi connectivity index (χ4v) is 3.23. The highest BCUT2D eigenvalue weighted by Crippen LogP contribution is 2.30. The van der Waals surface area contributed by atoms with E-state index in [0.29, 0.717) is 11.7 Å². The lowest BCUT2D eigenvalue weighted by atomic mass is 9.79. The first-order valence-electron chi connectivity index (χ1n) is 8.30. The molecule has 0 spiro atoms. The van der Waals surface area contributed by atoms with Crippen LogP contribution in [0.4, 0.5) is 0 Å². The van der Waals surface area contributed by atoms with Gasteiger partial charge < -0.3 is 0 Å². The maximum absolute atomic E-state index is 11.9. The number of unbranched alkanes of at least 4 members (excludes halogenated alkanes) is 4. The summed E-state index contributed by atoms with van der Waals surface area (Å²) in [5.74, 6) is 1.78. The highest BCUT2D eigenvalue weighted by atomic mass is 16.1. The van der Waals surface area contributed by atoms with E-state index in [-0.39, 0.29) is 0 Å². The molecular weight excluding hydrogens is 220 g/mol. The fourth-order valence-electron chi connectivity index (χ4n) is 3.23. The predicted octanol–water partition coefficient (Wildman–Crippen LogP) is 5.52. The molecule has 0 saturated heterocycles. The van der Waals surface area contributed by atoms with Crippen LogP contribution in [0.15, 0.2) is 0 Å². The van der Waals surface area contributed by atoms with Crippen LogP contribution in [0.2, 0.25) is 0 Å². The largest absolute Gasteiger partial charge is 0.299 e. The second-order valence-electron chi connectivity index (χ2n) is 6.12. The third kappa shape index (κ3) is 6.02. The summed E-state index contributed by atoms with van der Waals surface area (Å²) >= 11 is 0. The third-order valence-corrected chi connectivity index (χ3v) is 4.59. The molecular formula is C17H32O. The van der Waals surface area contributed by atoms with E-state index in [1.54, 1.807) is 0 Å². The van der Waals surface area contributed by atoms with Gasteiger partial charge in [0.1, 0.15) is 5.78 Å². The Labute approximate surface area is 114 Å². The number of carbonyl (C=O) groups is 1. The normalized spacial score (nSPS) is 22.1. The molecule has 1 aliphatic carbocycles. The van der Waals surface area contributed by atoms with Crippen LogP contribution in [0.5, 0.6) is 0 Å². The van der Waals surface area contributed by atoms with E-state index in [4.69, 9.17) is 0 Å². The standard InChI is InChI=1S/C17H32O/c1-3-5-6-7-8-11-15(4-2)14-16-12-9-10-13-17(16)18/h15-16H,3-14H2,1-2H3. The quantitative estimate of drug-likeness (QED) is 0.494. The molecule has 1 rings (SSSR count). The van der Waals surface area contributed by atoms with Crippen LogP contribution >= 0.6 is 0 Å². The first kappa shape index (κ1) is 15.7. The third-order valence-electron chi connectivity index (χ3n) is 4.59. The van der Waals surface area contributed by atoms with Gasteiger partial charge in [-0.25, -0.2) is 0 Å². The topological polar surface area (TPSA) is 17.1 Å². The molecule has 1 fully saturated rings. The van der Waals surface area contributed by atoms with Gasteiger partial charge in [0.2, 0.25) is 0 Å². The van der Waals surface area contributed by atoms with Crippen LogP contribution in [0.3, 0.4) is 0 Å². The van der Waals surface area contributed by atoms with Crippen molar-refractivity contribution in [2.45, 2.75) is 90.9 Å². The number of ketones is 1. The Bertz CT molecular complexity index is 222. The van der Waals surface area contributed by atoms with Crippen molar-refractivity contribution in [3.05, 3.63) is 0 Å². The van der Waals surface area contributed by atoms with E-state index < -0.39 is 0 Å². The highest BCUT2D eigenvalue weighted by Gasteiger charge is 2.24. The molecule has 18 heavy (non-hydrogen) atoms. The van der Waals surface area contributed by atoms with Crippen molar-refractivity contribution in [2.24, 2.45) is 11.8 Å². The molecule has 1 saturated carbocycles. The van der Waals surface area contributed by atoms with E-state index in [2.05, 4.69) is 13.8 Å². The van der Waals surface area contributed by atoms with Crippen molar-refractivity contribution in [2.75, 3.05) is 0 Å². The molecule has 2 atom stereocenters. The van der Waals surface area contributed by atoms with Gasteiger partial charge in [-0.2, -0.15) is 0 Å². The summed E-state index contributed by atoms with van der Waals surface area (Å²) in [7, 11) is 0. The molecule has 1 aliphatic rings. The zero-order chi connectivity index (χ0) is 13.2. The summed E-state index contributed by atoms with van der Waals surface area (Å²) in [4.78, 5) is 11.9. The second kappa shape index (κ2) is 9.58. The lowest BCUT2D eigenvalue weighted by Gasteiger charge is -2.25. The minimum atomic E-state index is 0.416. The van der Waals surface area contributed by atoms with Crippen molar-refractivity contribution >= 4 is 5.78 Å². The SMILES string of the molecule is CCCCCCCC(CC)CC1CCCCC1=O. The van der Waals surface area contributed by atoms with Crippen LogP contribution in [0, 0.1) is 11.8 Å². The molecule has 0 amide bonds. The van der Waals surface area contributed by atoms with Gasteiger partial charge in [0.25, 0.3) is 0 Å². The van der Waals surface area contributed by atoms with E-state index >= 15 is 0 Å². The summed E-state index contributed by atoms with van der Waals surface area (Å²) in [5.41, 5.74) is 0. The molecule has 106 valence electrons. The van der Waals surface area contributed by atoms with Crippen LogP contribution in [-0.2, 0) is 4.79 Å². The zero-order valence-corrected chi connectivity index (χ0v) is 12.5. The van der Waals surface area contributed by atoms with Crippen molar-refractivity contribution in [1.82, 2.24) is 0 Å². The Morgan fingerprint density at radius 2 is 1.89 bits per heavy atom. The maximum Gasteiger partial charge on any atom is 0.135 e. The van der Waals surface area contributed by atoms with Gasteiger partial charge in [-0.05, 0) is 25.2 Å². The number of hydrogen-bond acceptors (Lipinski definition) is 1. The van der Waals surface area contributed by atoms with Crippen molar-refractivity contribution < 1.29 is 4.79 Å². The van der Waals surface area contributed by atoms with Gasteiger partial charge in [0, 0.05) is 12.3 Å². The second-order valence-corrected chi connectivity index (χ2v) is 6.12. The van der Waals surface area contributed by atoms with Crippen LogP contribution < -0.4 is 0 Å². The zero-order valence-electron chi connectivity index (χ0n) is 12.5. The van der Waals surface area contributed by atoms with Gasteiger partial charge in [0.15, 0.2) is 0 Å². The number of rotatable bonds is 9. The van der Waals surface area contributed by atoms with E-state index in [1.165, 1.54) is 64.2 Å². The molecule has 0 N–H and O–H groups in total. The smallest absolute Gasteiger partial charge is 0.135 e. The summed E-state index contributed by atoms with van der Waals surface area (Å²) < 4.78 is 0. The summed E-state index contributed by atoms with van der Waals surface area (Å²) in [5, 5.41) is 0. The predicted molar refractivity (Wildman–Crippen MR) is 78.7 cm³/mol. The number of carbonyl (C=O) groups excluding carboxylic acids is 1. The number of Topliss-reactive ketones (excluding diaryl/α,β-unsaturated/α-hetero) is 1. The van der Waals surface area contributed by atoms with Gasteiger partial charge in [-0.1, -0.05) is 65.2 Å². The Hall–Kier alpha value is -0.330. The Morgan fingerprint density at radius 1 is 1.11 bits per heavy atom. The average Bonchev–Trinajstić information content (AvgIpc) is 2.39. The van der Waals surface area contributed by atoms with Gasteiger partial charge >= 0.3 is 0 Å². The first-order valence-corrected chi connectivity index (χ1v) is 8.30. The molecule has 0 radical (unpaired) electrons. The van der Waals surface area contributed by atoms with E-state index in [0.717, 1.165) is 18.8 Å². The average molecular weight is 252 g/mol. The fraction of sp³-hybridized carbons (Fsp3) is 0.941. The van der Waals surface area contributed by atoms with Crippen molar-refractivity contribution in [3.8, 4) is 0 Å². The molecule has 0 aliphatic heterocycles. The van der Waals surface area contributed by atoms with Gasteiger partial charge in [-0.3, -0.25) is 4.79 Å². The minimum Gasteiger partial charge on any atom is -0.299 e. The van der Waals surface area contributed by atoms with Crippen LogP contribution in [0.1, 0.15) is 90.9 Å². The molecule has 1 nitrogen and oxygen atoms in total. The lowest BCUT2D eigenvalue weighted by Crippen LogP contribution is -2.21. The van der Waals surface area contributed by atoms with E-state index in [9.17, 15) is 4.79 Å². The Balaban J connectivity index is 2.17. The summed E-state index contributed by atoms with van der Waals surface area (Å²) in [6, 6.07) is 0. The molecule has 2 unspecified atom stereocenters. The molecule has 0 aromatic heterocycles. The Morgan fingerprint density at radius 3 is 2.56 bits per heavy atom. The van der Waals surface area contributed by atoms with Crippen molar-refractivity contribution in [1.29, 1.82) is 0 Å². The molecule has 0 aromatic carbocycles. The monoisotopic (exact) mass is 252 g/mol. The maximum atomic E-state index is 11.9. The minimum absolute atomic E-state index is 0.416. The first-order chi connectivity index (χ1) is 8.77. The van der Waals surface area contributed by atoms with Crippen LogP contribution in [0.25, 0.3) is 0 Å². The summed E-state index contributed by atoms with van der Waals surface area (Å²) in [6.45, 7) is 4.56.